The number of para-hydroxylation sites is 1. The van der Waals surface area contributed by atoms with Crippen molar-refractivity contribution in [2.75, 3.05) is 5.32 Å². The molecule has 2 aromatic rings. The molecule has 5 heteroatoms. The van der Waals surface area contributed by atoms with Crippen LogP contribution in [0.1, 0.15) is 24.4 Å². The minimum Gasteiger partial charge on any atom is -0.324 e. The zero-order valence-corrected chi connectivity index (χ0v) is 11.4. The van der Waals surface area contributed by atoms with Gasteiger partial charge in [0.05, 0.1) is 0 Å². The molecule has 2 rings (SSSR count). The molecule has 110 valence electrons. The number of rotatable bonds is 5. The summed E-state index contributed by atoms with van der Waals surface area (Å²) in [6.07, 6.45) is 0.482. The van der Waals surface area contributed by atoms with Gasteiger partial charge in [0, 0.05) is 12.5 Å². The summed E-state index contributed by atoms with van der Waals surface area (Å²) in [7, 11) is 0. The van der Waals surface area contributed by atoms with Gasteiger partial charge in [0.25, 0.3) is 0 Å². The van der Waals surface area contributed by atoms with Crippen LogP contribution in [0, 0.1) is 11.6 Å². The van der Waals surface area contributed by atoms with Crippen LogP contribution in [0.15, 0.2) is 48.5 Å². The number of carbonyl (C=O) groups excluding carboxylic acids is 1. The fourth-order valence-corrected chi connectivity index (χ4v) is 1.97. The van der Waals surface area contributed by atoms with E-state index in [-0.39, 0.29) is 12.5 Å². The third-order valence-electron chi connectivity index (χ3n) is 3.14. The zero-order valence-electron chi connectivity index (χ0n) is 11.4. The van der Waals surface area contributed by atoms with Crippen LogP contribution in [-0.4, -0.2) is 5.91 Å². The van der Waals surface area contributed by atoms with Crippen LogP contribution in [0.4, 0.5) is 14.5 Å². The summed E-state index contributed by atoms with van der Waals surface area (Å²) in [4.78, 5) is 11.8. The summed E-state index contributed by atoms with van der Waals surface area (Å²) >= 11 is 0. The third kappa shape index (κ3) is 4.10. The summed E-state index contributed by atoms with van der Waals surface area (Å²) in [6, 6.07) is 12.5. The van der Waals surface area contributed by atoms with E-state index in [2.05, 4.69) is 5.32 Å². The Bertz CT molecular complexity index is 597. The van der Waals surface area contributed by atoms with Crippen molar-refractivity contribution in [1.29, 1.82) is 0 Å². The summed E-state index contributed by atoms with van der Waals surface area (Å²) in [5.41, 5.74) is 6.47. The van der Waals surface area contributed by atoms with Gasteiger partial charge < -0.3 is 11.1 Å². The fraction of sp³-hybridized carbons (Fsp3) is 0.188. The molecule has 3 nitrogen and oxygen atoms in total. The Balaban J connectivity index is 1.91. The van der Waals surface area contributed by atoms with Gasteiger partial charge in [-0.15, -0.1) is 0 Å². The Morgan fingerprint density at radius 3 is 2.29 bits per heavy atom. The van der Waals surface area contributed by atoms with Crippen LogP contribution in [0.5, 0.6) is 0 Å². The number of hydrogen-bond donors (Lipinski definition) is 2. The molecule has 0 saturated carbocycles. The molecule has 3 N–H and O–H groups in total. The SMILES string of the molecule is NC(CCC(=O)Nc1c(F)cccc1F)c1ccccc1. The molecule has 0 spiro atoms. The number of carbonyl (C=O) groups is 1. The molecular weight excluding hydrogens is 274 g/mol. The molecule has 0 saturated heterocycles. The smallest absolute Gasteiger partial charge is 0.224 e. The number of nitrogens with two attached hydrogens (primary N) is 1. The van der Waals surface area contributed by atoms with Crippen LogP contribution in [0.25, 0.3) is 0 Å². The Morgan fingerprint density at radius 2 is 1.67 bits per heavy atom. The number of benzene rings is 2. The van der Waals surface area contributed by atoms with Gasteiger partial charge in [-0.05, 0) is 24.1 Å². The van der Waals surface area contributed by atoms with Gasteiger partial charge in [0.2, 0.25) is 5.91 Å². The lowest BCUT2D eigenvalue weighted by atomic mass is 10.0. The predicted molar refractivity (Wildman–Crippen MR) is 77.6 cm³/mol. The van der Waals surface area contributed by atoms with Crippen LogP contribution in [0.2, 0.25) is 0 Å². The van der Waals surface area contributed by atoms with E-state index >= 15 is 0 Å². The lowest BCUT2D eigenvalue weighted by molar-refractivity contribution is -0.116. The highest BCUT2D eigenvalue weighted by Gasteiger charge is 2.13. The lowest BCUT2D eigenvalue weighted by Crippen LogP contribution is -2.17. The van der Waals surface area contributed by atoms with E-state index < -0.39 is 23.2 Å². The first kappa shape index (κ1) is 15.1. The van der Waals surface area contributed by atoms with Gasteiger partial charge in [-0.1, -0.05) is 36.4 Å². The molecule has 2 aromatic carbocycles. The fourth-order valence-electron chi connectivity index (χ4n) is 1.97. The molecule has 21 heavy (non-hydrogen) atoms. The maximum absolute atomic E-state index is 13.4. The van der Waals surface area contributed by atoms with Crippen LogP contribution < -0.4 is 11.1 Å². The van der Waals surface area contributed by atoms with Crippen molar-refractivity contribution in [3.8, 4) is 0 Å². The number of nitrogens with one attached hydrogen (secondary N) is 1. The molecule has 0 aliphatic carbocycles. The first-order valence-electron chi connectivity index (χ1n) is 6.62. The zero-order chi connectivity index (χ0) is 15.2. The monoisotopic (exact) mass is 290 g/mol. The Kier molecular flexibility index (Phi) is 5.00. The van der Waals surface area contributed by atoms with E-state index in [4.69, 9.17) is 5.73 Å². The summed E-state index contributed by atoms with van der Waals surface area (Å²) in [5, 5.41) is 2.24. The molecule has 1 unspecified atom stereocenters. The van der Waals surface area contributed by atoms with Crippen LogP contribution in [-0.2, 0) is 4.79 Å². The van der Waals surface area contributed by atoms with Crippen molar-refractivity contribution in [2.24, 2.45) is 5.73 Å². The van der Waals surface area contributed by atoms with Gasteiger partial charge in [0.1, 0.15) is 17.3 Å². The van der Waals surface area contributed by atoms with E-state index in [9.17, 15) is 13.6 Å². The van der Waals surface area contributed by atoms with E-state index in [0.717, 1.165) is 17.7 Å². The maximum atomic E-state index is 13.4. The Labute approximate surface area is 121 Å². The van der Waals surface area contributed by atoms with Crippen molar-refractivity contribution >= 4 is 11.6 Å². The van der Waals surface area contributed by atoms with Crippen LogP contribution >= 0.6 is 0 Å². The van der Waals surface area contributed by atoms with Crippen molar-refractivity contribution < 1.29 is 13.6 Å². The van der Waals surface area contributed by atoms with Gasteiger partial charge in [-0.2, -0.15) is 0 Å². The van der Waals surface area contributed by atoms with E-state index in [1.807, 2.05) is 30.3 Å². The normalized spacial score (nSPS) is 12.0. The first-order chi connectivity index (χ1) is 10.1. The van der Waals surface area contributed by atoms with E-state index in [1.54, 1.807) is 0 Å². The molecule has 0 fully saturated rings. The highest BCUT2D eigenvalue weighted by atomic mass is 19.1. The molecule has 1 amide bonds. The Morgan fingerprint density at radius 1 is 1.05 bits per heavy atom. The van der Waals surface area contributed by atoms with Gasteiger partial charge >= 0.3 is 0 Å². The molecule has 0 aliphatic rings. The predicted octanol–water partition coefficient (Wildman–Crippen LogP) is 3.38. The topological polar surface area (TPSA) is 55.1 Å². The Hall–Kier alpha value is -2.27. The van der Waals surface area contributed by atoms with Crippen molar-refractivity contribution in [2.45, 2.75) is 18.9 Å². The molecular formula is C16H16F2N2O. The van der Waals surface area contributed by atoms with E-state index in [0.29, 0.717) is 6.42 Å². The van der Waals surface area contributed by atoms with Crippen molar-refractivity contribution in [3.63, 3.8) is 0 Å². The molecule has 0 bridgehead atoms. The van der Waals surface area contributed by atoms with Gasteiger partial charge in [0.15, 0.2) is 0 Å². The molecule has 0 aromatic heterocycles. The third-order valence-corrected chi connectivity index (χ3v) is 3.14. The van der Waals surface area contributed by atoms with Gasteiger partial charge in [-0.25, -0.2) is 8.78 Å². The second-order valence-electron chi connectivity index (χ2n) is 4.70. The average molecular weight is 290 g/mol. The lowest BCUT2D eigenvalue weighted by Gasteiger charge is -2.12. The minimum atomic E-state index is -0.796. The summed E-state index contributed by atoms with van der Waals surface area (Å²) < 4.78 is 26.8. The minimum absolute atomic E-state index is 0.0871. The number of hydrogen-bond acceptors (Lipinski definition) is 2. The average Bonchev–Trinajstić information content (AvgIpc) is 2.49. The standard InChI is InChI=1S/C16H16F2N2O/c17-12-7-4-8-13(18)16(12)20-15(21)10-9-14(19)11-5-2-1-3-6-11/h1-8,14H,9-10,19H2,(H,20,21). The number of anilines is 1. The number of amides is 1. The highest BCUT2D eigenvalue weighted by molar-refractivity contribution is 5.90. The van der Waals surface area contributed by atoms with E-state index in [1.165, 1.54) is 6.07 Å². The molecule has 0 radical (unpaired) electrons. The largest absolute Gasteiger partial charge is 0.324 e. The van der Waals surface area contributed by atoms with Crippen LogP contribution in [0.3, 0.4) is 0 Å². The second-order valence-corrected chi connectivity index (χ2v) is 4.70. The molecule has 0 heterocycles. The summed E-state index contributed by atoms with van der Waals surface area (Å²) in [6.45, 7) is 0. The molecule has 1 atom stereocenters. The van der Waals surface area contributed by atoms with Crippen molar-refractivity contribution in [3.05, 3.63) is 65.7 Å². The molecule has 0 aliphatic heterocycles. The van der Waals surface area contributed by atoms with Gasteiger partial charge in [-0.3, -0.25) is 4.79 Å². The first-order valence-corrected chi connectivity index (χ1v) is 6.62. The highest BCUT2D eigenvalue weighted by Crippen LogP contribution is 2.20. The quantitative estimate of drug-likeness (QED) is 0.887. The maximum Gasteiger partial charge on any atom is 0.224 e. The van der Waals surface area contributed by atoms with Crippen molar-refractivity contribution in [1.82, 2.24) is 0 Å². The summed E-state index contributed by atoms with van der Waals surface area (Å²) in [5.74, 6) is -2.06. The second kappa shape index (κ2) is 6.95. The number of halogens is 2.